The second kappa shape index (κ2) is 9.13. The van der Waals surface area contributed by atoms with E-state index in [4.69, 9.17) is 14.2 Å². The molecule has 0 unspecified atom stereocenters. The van der Waals surface area contributed by atoms with E-state index in [-0.39, 0.29) is 41.5 Å². The third-order valence-electron chi connectivity index (χ3n) is 3.72. The molecule has 1 N–H and O–H groups in total. The number of carbonyl (C=O) groups excluding carboxylic acids is 2. The van der Waals surface area contributed by atoms with Crippen LogP contribution in [0.5, 0.6) is 17.2 Å². The fourth-order valence-electron chi connectivity index (χ4n) is 2.58. The van der Waals surface area contributed by atoms with Crippen molar-refractivity contribution in [2.75, 3.05) is 11.0 Å². The van der Waals surface area contributed by atoms with Crippen LogP contribution in [0, 0.1) is 0 Å². The van der Waals surface area contributed by atoms with Crippen molar-refractivity contribution in [2.45, 2.75) is 46.6 Å². The molecule has 0 amide bonds. The lowest BCUT2D eigenvalue weighted by atomic mass is 10.1. The highest BCUT2D eigenvalue weighted by Crippen LogP contribution is 2.45. The number of rotatable bonds is 8. The van der Waals surface area contributed by atoms with E-state index in [0.717, 1.165) is 6.26 Å². The van der Waals surface area contributed by atoms with Crippen LogP contribution in [0.15, 0.2) is 24.3 Å². The Morgan fingerprint density at radius 1 is 1.03 bits per heavy atom. The third kappa shape index (κ3) is 5.83. The second-order valence-corrected chi connectivity index (χ2v) is 8.37. The van der Waals surface area contributed by atoms with E-state index in [9.17, 15) is 18.0 Å². The molecule has 2 aromatic carbocycles. The van der Waals surface area contributed by atoms with E-state index >= 15 is 0 Å². The fourth-order valence-corrected chi connectivity index (χ4v) is 3.15. The van der Waals surface area contributed by atoms with Gasteiger partial charge in [0.1, 0.15) is 5.75 Å². The van der Waals surface area contributed by atoms with E-state index in [0.29, 0.717) is 11.1 Å². The van der Waals surface area contributed by atoms with E-state index in [1.165, 1.54) is 12.1 Å². The van der Waals surface area contributed by atoms with Crippen LogP contribution >= 0.6 is 0 Å². The average Bonchev–Trinajstić information content (AvgIpc) is 2.62. The number of hydrogen-bond donors (Lipinski definition) is 1. The largest absolute Gasteiger partial charge is 0.490 e. The molecule has 0 aliphatic heterocycles. The van der Waals surface area contributed by atoms with Gasteiger partial charge in [-0.2, -0.15) is 0 Å². The maximum absolute atomic E-state index is 12.1. The van der Waals surface area contributed by atoms with Crippen LogP contribution < -0.4 is 18.9 Å². The Morgan fingerprint density at radius 2 is 1.66 bits per heavy atom. The summed E-state index contributed by atoms with van der Waals surface area (Å²) in [6.45, 7) is 6.90. The van der Waals surface area contributed by atoms with Gasteiger partial charge in [0.2, 0.25) is 10.0 Å². The van der Waals surface area contributed by atoms with Crippen molar-refractivity contribution in [3.05, 3.63) is 24.3 Å². The van der Waals surface area contributed by atoms with Crippen LogP contribution in [0.1, 0.15) is 40.5 Å². The molecule has 0 aliphatic rings. The molecule has 9 heteroatoms. The quantitative estimate of drug-likeness (QED) is 0.510. The van der Waals surface area contributed by atoms with E-state index in [1.807, 2.05) is 13.8 Å². The second-order valence-electron chi connectivity index (χ2n) is 6.63. The summed E-state index contributed by atoms with van der Waals surface area (Å²) >= 11 is 0. The summed E-state index contributed by atoms with van der Waals surface area (Å²) in [7, 11) is -3.63. The van der Waals surface area contributed by atoms with E-state index in [1.54, 1.807) is 26.0 Å². The highest BCUT2D eigenvalue weighted by Gasteiger charge is 2.23. The summed E-state index contributed by atoms with van der Waals surface area (Å²) in [6, 6.07) is 6.34. The van der Waals surface area contributed by atoms with E-state index < -0.39 is 22.0 Å². The van der Waals surface area contributed by atoms with Gasteiger partial charge in [0.25, 0.3) is 0 Å². The van der Waals surface area contributed by atoms with Gasteiger partial charge in [0, 0.05) is 24.3 Å². The van der Waals surface area contributed by atoms with Gasteiger partial charge in [0.15, 0.2) is 11.5 Å². The Hall–Kier alpha value is -2.81. The first kappa shape index (κ1) is 22.5. The normalized spacial score (nSPS) is 11.4. The van der Waals surface area contributed by atoms with Crippen LogP contribution in [0.3, 0.4) is 0 Å². The molecule has 0 radical (unpaired) electrons. The third-order valence-corrected chi connectivity index (χ3v) is 4.31. The monoisotopic (exact) mass is 423 g/mol. The Balaban J connectivity index is 2.89. The first-order valence-corrected chi connectivity index (χ1v) is 11.1. The fraction of sp³-hybridized carbons (Fsp3) is 0.400. The number of hydrogen-bond acceptors (Lipinski definition) is 7. The molecule has 2 rings (SSSR count). The molecular weight excluding hydrogens is 398 g/mol. The molecule has 0 saturated heterocycles. The zero-order chi connectivity index (χ0) is 21.8. The van der Waals surface area contributed by atoms with Gasteiger partial charge >= 0.3 is 11.9 Å². The number of sulfonamides is 1. The number of benzene rings is 2. The van der Waals surface area contributed by atoms with Gasteiger partial charge in [-0.3, -0.25) is 14.3 Å². The van der Waals surface area contributed by atoms with E-state index in [2.05, 4.69) is 4.72 Å². The molecular formula is C20H25NO7S. The van der Waals surface area contributed by atoms with Crippen LogP contribution in [0.25, 0.3) is 10.8 Å². The molecule has 0 saturated carbocycles. The Morgan fingerprint density at radius 3 is 2.21 bits per heavy atom. The Bertz CT molecular complexity index is 1030. The predicted octanol–water partition coefficient (Wildman–Crippen LogP) is 3.63. The summed E-state index contributed by atoms with van der Waals surface area (Å²) in [5.41, 5.74) is 0.173. The van der Waals surface area contributed by atoms with Gasteiger partial charge in [-0.15, -0.1) is 0 Å². The van der Waals surface area contributed by atoms with Crippen molar-refractivity contribution < 1.29 is 32.2 Å². The molecule has 2 aromatic rings. The standard InChI is InChI=1S/C20H25NO7S/c1-6-17(22)27-16-11-15(26-12(3)4)13-9-8-10-14(21-29(5,24)25)19(13)20(16)28-18(23)7-2/h8-12,21H,6-7H2,1-5H3. The van der Waals surface area contributed by atoms with Gasteiger partial charge < -0.3 is 14.2 Å². The SMILES string of the molecule is CCC(=O)Oc1cc(OC(C)C)c2cccc(NS(C)(=O)=O)c2c1OC(=O)CC. The van der Waals surface area contributed by atoms with Crippen molar-refractivity contribution in [1.82, 2.24) is 0 Å². The molecule has 0 aromatic heterocycles. The minimum Gasteiger partial charge on any atom is -0.490 e. The molecule has 0 spiro atoms. The highest BCUT2D eigenvalue weighted by atomic mass is 32.2. The first-order valence-electron chi connectivity index (χ1n) is 9.21. The summed E-state index contributed by atoms with van der Waals surface area (Å²) in [4.78, 5) is 24.0. The molecule has 0 bridgehead atoms. The van der Waals surface area contributed by atoms with Gasteiger partial charge in [0.05, 0.1) is 23.4 Å². The summed E-state index contributed by atoms with van der Waals surface area (Å²) in [5.74, 6) is -0.808. The number of anilines is 1. The molecule has 8 nitrogen and oxygen atoms in total. The lowest BCUT2D eigenvalue weighted by Crippen LogP contribution is -2.14. The topological polar surface area (TPSA) is 108 Å². The van der Waals surface area contributed by atoms with Crippen molar-refractivity contribution >= 4 is 38.4 Å². The minimum absolute atomic E-state index is 0.0236. The number of carbonyl (C=O) groups is 2. The smallest absolute Gasteiger partial charge is 0.311 e. The van der Waals surface area contributed by atoms with Crippen LogP contribution in [-0.2, 0) is 19.6 Å². The Labute approximate surface area is 170 Å². The number of nitrogens with one attached hydrogen (secondary N) is 1. The number of fused-ring (bicyclic) bond motifs is 1. The molecule has 158 valence electrons. The minimum atomic E-state index is -3.63. The van der Waals surface area contributed by atoms with Gasteiger partial charge in [-0.05, 0) is 19.9 Å². The van der Waals surface area contributed by atoms with Crippen molar-refractivity contribution in [3.63, 3.8) is 0 Å². The molecule has 0 aliphatic carbocycles. The lowest BCUT2D eigenvalue weighted by Gasteiger charge is -2.20. The maximum Gasteiger partial charge on any atom is 0.311 e. The van der Waals surface area contributed by atoms with Gasteiger partial charge in [-0.1, -0.05) is 26.0 Å². The molecule has 29 heavy (non-hydrogen) atoms. The summed E-state index contributed by atoms with van der Waals surface area (Å²) < 4.78 is 42.8. The molecule has 0 atom stereocenters. The summed E-state index contributed by atoms with van der Waals surface area (Å²) in [5, 5.41) is 0.763. The van der Waals surface area contributed by atoms with Crippen molar-refractivity contribution in [1.29, 1.82) is 0 Å². The number of ether oxygens (including phenoxy) is 3. The Kier molecular flexibility index (Phi) is 7.07. The summed E-state index contributed by atoms with van der Waals surface area (Å²) in [6.07, 6.45) is 0.983. The number of esters is 2. The van der Waals surface area contributed by atoms with Crippen molar-refractivity contribution in [3.8, 4) is 17.2 Å². The maximum atomic E-state index is 12.1. The highest BCUT2D eigenvalue weighted by molar-refractivity contribution is 7.92. The zero-order valence-electron chi connectivity index (χ0n) is 17.1. The van der Waals surface area contributed by atoms with Crippen LogP contribution in [0.4, 0.5) is 5.69 Å². The van der Waals surface area contributed by atoms with Crippen molar-refractivity contribution in [2.24, 2.45) is 0 Å². The first-order chi connectivity index (χ1) is 13.6. The lowest BCUT2D eigenvalue weighted by molar-refractivity contribution is -0.136. The van der Waals surface area contributed by atoms with Gasteiger partial charge in [-0.25, -0.2) is 8.42 Å². The average molecular weight is 423 g/mol. The molecule has 0 heterocycles. The van der Waals surface area contributed by atoms with Crippen LogP contribution in [-0.4, -0.2) is 32.7 Å². The predicted molar refractivity (Wildman–Crippen MR) is 110 cm³/mol. The van der Waals surface area contributed by atoms with Crippen LogP contribution in [0.2, 0.25) is 0 Å². The molecule has 0 fully saturated rings. The zero-order valence-corrected chi connectivity index (χ0v) is 17.9.